The van der Waals surface area contributed by atoms with Crippen LogP contribution in [0.4, 0.5) is 0 Å². The van der Waals surface area contributed by atoms with Crippen molar-refractivity contribution in [1.29, 1.82) is 0 Å². The molecule has 0 saturated carbocycles. The Morgan fingerprint density at radius 3 is 2.25 bits per heavy atom. The Morgan fingerprint density at radius 1 is 0.975 bits per heavy atom. The minimum Gasteiger partial charge on any atom is -0.461 e. The molecule has 0 radical (unpaired) electrons. The van der Waals surface area contributed by atoms with E-state index in [9.17, 15) is 19.2 Å². The zero-order chi connectivity index (χ0) is 28.1. The zero-order valence-corrected chi connectivity index (χ0v) is 24.9. The Bertz CT molecular complexity index is 1360. The Hall–Kier alpha value is -3.16. The van der Waals surface area contributed by atoms with E-state index < -0.39 is 41.4 Å². The molecule has 2 aliphatic heterocycles. The number of alkyl halides is 1. The summed E-state index contributed by atoms with van der Waals surface area (Å²) >= 11 is 4.74. The van der Waals surface area contributed by atoms with E-state index in [2.05, 4.69) is 27.9 Å². The second kappa shape index (κ2) is 13.0. The molecule has 2 aliphatic rings. The van der Waals surface area contributed by atoms with Crippen LogP contribution < -0.4 is 5.32 Å². The van der Waals surface area contributed by atoms with Crippen molar-refractivity contribution in [1.82, 2.24) is 10.2 Å². The monoisotopic (exact) mass is 688 g/mol. The van der Waals surface area contributed by atoms with E-state index in [4.69, 9.17) is 9.47 Å². The zero-order valence-electron chi connectivity index (χ0n) is 21.1. The number of halogens is 1. The first-order chi connectivity index (χ1) is 19.5. The molecule has 3 aromatic rings. The molecule has 1 aromatic heterocycles. The Labute approximate surface area is 253 Å². The van der Waals surface area contributed by atoms with Gasteiger partial charge in [0.15, 0.2) is 12.1 Å². The highest BCUT2D eigenvalue weighted by Gasteiger charge is 2.57. The van der Waals surface area contributed by atoms with Crippen molar-refractivity contribution in [3.8, 4) is 0 Å². The highest BCUT2D eigenvalue weighted by atomic mass is 127. The molecule has 1 N–H and O–H groups in total. The first-order valence-electron chi connectivity index (χ1n) is 12.5. The summed E-state index contributed by atoms with van der Waals surface area (Å²) in [5.41, 5.74) is 1.53. The van der Waals surface area contributed by atoms with E-state index in [0.717, 1.165) is 16.0 Å². The standard InChI is InChI=1S/C29H25IN2O6S2/c30-13-14-37-28(35)21-17-40-27-23(31-22(33)16-20-12-7-15-39-20)26(34)32(27)24(21)29(36)38-25(18-8-3-1-4-9-18)19-10-5-2-6-11-19/h1-12,15,17,23-25,27H,13-14,16H2,(H,31,33)/t23?,24?,27-/m0/s1. The maximum atomic E-state index is 13.9. The number of nitrogens with zero attached hydrogens (tertiary/aromatic N) is 1. The van der Waals surface area contributed by atoms with Crippen molar-refractivity contribution < 1.29 is 28.7 Å². The second-order valence-corrected chi connectivity index (χ2v) is 12.1. The van der Waals surface area contributed by atoms with Gasteiger partial charge in [-0.2, -0.15) is 0 Å². The van der Waals surface area contributed by atoms with Gasteiger partial charge < -0.3 is 19.7 Å². The van der Waals surface area contributed by atoms with Crippen LogP contribution >= 0.6 is 45.7 Å². The number of amides is 2. The molecular formula is C29H25IN2O6S2. The third kappa shape index (κ3) is 6.11. The van der Waals surface area contributed by atoms with Crippen molar-refractivity contribution in [2.45, 2.75) is 30.0 Å². The van der Waals surface area contributed by atoms with E-state index in [0.29, 0.717) is 4.43 Å². The van der Waals surface area contributed by atoms with Gasteiger partial charge in [0.2, 0.25) is 11.8 Å². The van der Waals surface area contributed by atoms with Gasteiger partial charge in [0.25, 0.3) is 0 Å². The predicted octanol–water partition coefficient (Wildman–Crippen LogP) is 4.25. The molecule has 2 amide bonds. The molecule has 3 heterocycles. The first kappa shape index (κ1) is 28.4. The lowest BCUT2D eigenvalue weighted by Crippen LogP contribution is -2.74. The molecule has 3 atom stereocenters. The number of thiophene rings is 1. The number of carbonyl (C=O) groups excluding carboxylic acids is 4. The highest BCUT2D eigenvalue weighted by molar-refractivity contribution is 14.1. The minimum absolute atomic E-state index is 0.0349. The van der Waals surface area contributed by atoms with Gasteiger partial charge in [0.05, 0.1) is 12.0 Å². The van der Waals surface area contributed by atoms with Crippen LogP contribution in [-0.2, 0) is 35.1 Å². The van der Waals surface area contributed by atoms with Crippen LogP contribution in [0.1, 0.15) is 22.1 Å². The Balaban J connectivity index is 1.40. The van der Waals surface area contributed by atoms with E-state index in [-0.39, 0.29) is 24.5 Å². The van der Waals surface area contributed by atoms with Gasteiger partial charge in [-0.1, -0.05) is 89.3 Å². The molecule has 0 aliphatic carbocycles. The van der Waals surface area contributed by atoms with Gasteiger partial charge in [-0.25, -0.2) is 9.59 Å². The quantitative estimate of drug-likeness (QED) is 0.147. The number of thioether (sulfide) groups is 1. The average Bonchev–Trinajstić information content (AvgIpc) is 3.50. The van der Waals surface area contributed by atoms with Crippen LogP contribution in [0.25, 0.3) is 0 Å². The number of hydrogen-bond donors (Lipinski definition) is 1. The summed E-state index contributed by atoms with van der Waals surface area (Å²) in [5.74, 6) is -2.18. The van der Waals surface area contributed by atoms with Crippen molar-refractivity contribution in [3.05, 3.63) is 105 Å². The molecule has 2 unspecified atom stereocenters. The van der Waals surface area contributed by atoms with E-state index in [1.165, 1.54) is 28.0 Å². The summed E-state index contributed by atoms with van der Waals surface area (Å²) in [7, 11) is 0. The normalized spacial score (nSPS) is 19.8. The molecule has 0 bridgehead atoms. The number of β-lactam (4-membered cyclic amide) rings is 1. The van der Waals surface area contributed by atoms with Crippen LogP contribution in [0.2, 0.25) is 0 Å². The summed E-state index contributed by atoms with van der Waals surface area (Å²) in [6.45, 7) is 0.165. The maximum absolute atomic E-state index is 13.9. The molecular weight excluding hydrogens is 663 g/mol. The maximum Gasteiger partial charge on any atom is 0.337 e. The number of carbonyl (C=O) groups is 4. The summed E-state index contributed by atoms with van der Waals surface area (Å²) in [4.78, 5) is 55.1. The molecule has 11 heteroatoms. The van der Waals surface area contributed by atoms with Gasteiger partial charge in [-0.15, -0.1) is 23.1 Å². The topological polar surface area (TPSA) is 102 Å². The summed E-state index contributed by atoms with van der Waals surface area (Å²) in [6.07, 6.45) is -0.601. The van der Waals surface area contributed by atoms with Crippen LogP contribution in [-0.4, -0.2) is 57.1 Å². The Kier molecular flexibility index (Phi) is 9.22. The fraction of sp³-hybridized carbons (Fsp3) is 0.241. The predicted molar refractivity (Wildman–Crippen MR) is 161 cm³/mol. The van der Waals surface area contributed by atoms with Crippen LogP contribution in [0.15, 0.2) is 89.2 Å². The molecule has 40 heavy (non-hydrogen) atoms. The fourth-order valence-electron chi connectivity index (χ4n) is 4.57. The van der Waals surface area contributed by atoms with Crippen LogP contribution in [0.3, 0.4) is 0 Å². The van der Waals surface area contributed by atoms with Gasteiger partial charge in [-0.3, -0.25) is 9.59 Å². The smallest absolute Gasteiger partial charge is 0.337 e. The lowest BCUT2D eigenvalue weighted by molar-refractivity contribution is -0.167. The number of hydrogen-bond acceptors (Lipinski definition) is 8. The molecule has 5 rings (SSSR count). The van der Waals surface area contributed by atoms with E-state index in [1.54, 1.807) is 5.41 Å². The average molecular weight is 689 g/mol. The van der Waals surface area contributed by atoms with E-state index >= 15 is 0 Å². The molecule has 0 spiro atoms. The largest absolute Gasteiger partial charge is 0.461 e. The molecule has 1 saturated heterocycles. The number of rotatable bonds is 10. The van der Waals surface area contributed by atoms with Crippen molar-refractivity contribution in [2.75, 3.05) is 11.0 Å². The molecule has 2 aromatic carbocycles. The fourth-order valence-corrected chi connectivity index (χ4v) is 6.70. The lowest BCUT2D eigenvalue weighted by atomic mass is 9.97. The van der Waals surface area contributed by atoms with Crippen molar-refractivity contribution in [2.24, 2.45) is 0 Å². The summed E-state index contributed by atoms with van der Waals surface area (Å²) < 4.78 is 12.0. The van der Waals surface area contributed by atoms with Gasteiger partial charge >= 0.3 is 11.9 Å². The molecule has 1 fully saturated rings. The summed E-state index contributed by atoms with van der Waals surface area (Å²) in [5, 5.41) is 5.66. The third-order valence-electron chi connectivity index (χ3n) is 6.43. The van der Waals surface area contributed by atoms with Crippen LogP contribution in [0.5, 0.6) is 0 Å². The van der Waals surface area contributed by atoms with Crippen LogP contribution in [0, 0.1) is 0 Å². The van der Waals surface area contributed by atoms with E-state index in [1.807, 2.05) is 78.2 Å². The van der Waals surface area contributed by atoms with Crippen molar-refractivity contribution >= 4 is 69.4 Å². The van der Waals surface area contributed by atoms with Crippen molar-refractivity contribution in [3.63, 3.8) is 0 Å². The summed E-state index contributed by atoms with van der Waals surface area (Å²) in [6, 6.07) is 20.1. The van der Waals surface area contributed by atoms with Gasteiger partial charge in [-0.05, 0) is 28.0 Å². The highest BCUT2D eigenvalue weighted by Crippen LogP contribution is 2.41. The molecule has 206 valence electrons. The number of fused-ring (bicyclic) bond motifs is 1. The minimum atomic E-state index is -1.30. The second-order valence-electron chi connectivity index (χ2n) is 9.01. The number of benzene rings is 2. The van der Waals surface area contributed by atoms with Gasteiger partial charge in [0.1, 0.15) is 18.0 Å². The SMILES string of the molecule is O=C(Cc1cccs1)NC1C(=O)N2C(C(=O)OC(c3ccccc3)c3ccccc3)C(C(=O)OCCI)=CS[C@@H]12. The number of nitrogens with one attached hydrogen (secondary N) is 1. The first-order valence-corrected chi connectivity index (χ1v) is 15.9. The lowest BCUT2D eigenvalue weighted by Gasteiger charge is -2.51. The third-order valence-corrected chi connectivity index (χ3v) is 8.91. The molecule has 8 nitrogen and oxygen atoms in total. The number of esters is 2. The Morgan fingerprint density at radius 2 is 1.65 bits per heavy atom. The number of ether oxygens (including phenoxy) is 2. The van der Waals surface area contributed by atoms with Gasteiger partial charge in [0, 0.05) is 9.30 Å².